The summed E-state index contributed by atoms with van der Waals surface area (Å²) in [6.45, 7) is 7.63. The lowest BCUT2D eigenvalue weighted by molar-refractivity contribution is 0.0610. The van der Waals surface area contributed by atoms with Gasteiger partial charge in [0.1, 0.15) is 5.60 Å². The van der Waals surface area contributed by atoms with Gasteiger partial charge in [0.05, 0.1) is 0 Å². The van der Waals surface area contributed by atoms with Crippen molar-refractivity contribution in [3.63, 3.8) is 0 Å². The Hall–Kier alpha value is -0.380. The molecule has 1 atom stereocenters. The molecule has 0 aliphatic carbocycles. The smallest absolute Gasteiger partial charge is 0.108 e. The standard InChI is InChI=1S/C11H19NOS/c1-4-7-12-8-11(3,13)10-6-5-9(2)14-10/h5-6,12-13H,4,7-8H2,1-3H3. The van der Waals surface area contributed by atoms with Crippen LogP contribution in [0.3, 0.4) is 0 Å². The molecule has 2 N–H and O–H groups in total. The van der Waals surface area contributed by atoms with Gasteiger partial charge in [-0.25, -0.2) is 0 Å². The average Bonchev–Trinajstić information content (AvgIpc) is 2.53. The summed E-state index contributed by atoms with van der Waals surface area (Å²) in [6.07, 6.45) is 1.10. The zero-order chi connectivity index (χ0) is 10.6. The zero-order valence-corrected chi connectivity index (χ0v) is 9.95. The third-order valence-corrected chi connectivity index (χ3v) is 3.42. The van der Waals surface area contributed by atoms with Gasteiger partial charge in [-0.1, -0.05) is 6.92 Å². The van der Waals surface area contributed by atoms with Gasteiger partial charge in [0.25, 0.3) is 0 Å². The predicted octanol–water partition coefficient (Wildman–Crippen LogP) is 2.26. The van der Waals surface area contributed by atoms with Gasteiger partial charge in [0.2, 0.25) is 0 Å². The molecule has 0 aliphatic heterocycles. The van der Waals surface area contributed by atoms with Gasteiger partial charge in [0, 0.05) is 16.3 Å². The van der Waals surface area contributed by atoms with Crippen LogP contribution in [0.15, 0.2) is 12.1 Å². The van der Waals surface area contributed by atoms with Gasteiger partial charge in [0.15, 0.2) is 0 Å². The van der Waals surface area contributed by atoms with Crippen LogP contribution in [0.1, 0.15) is 30.0 Å². The highest BCUT2D eigenvalue weighted by molar-refractivity contribution is 7.12. The predicted molar refractivity (Wildman–Crippen MR) is 61.8 cm³/mol. The van der Waals surface area contributed by atoms with Crippen LogP contribution in [0.5, 0.6) is 0 Å². The fourth-order valence-electron chi connectivity index (χ4n) is 1.32. The maximum absolute atomic E-state index is 10.2. The van der Waals surface area contributed by atoms with Crippen molar-refractivity contribution in [2.75, 3.05) is 13.1 Å². The molecular weight excluding hydrogens is 194 g/mol. The molecule has 0 aliphatic rings. The van der Waals surface area contributed by atoms with E-state index in [-0.39, 0.29) is 0 Å². The van der Waals surface area contributed by atoms with Gasteiger partial charge in [-0.05, 0) is 38.9 Å². The third-order valence-electron chi connectivity index (χ3n) is 2.17. The highest BCUT2D eigenvalue weighted by Gasteiger charge is 2.23. The lowest BCUT2D eigenvalue weighted by Crippen LogP contribution is -2.35. The molecule has 80 valence electrons. The summed E-state index contributed by atoms with van der Waals surface area (Å²) < 4.78 is 0. The molecule has 0 saturated carbocycles. The van der Waals surface area contributed by atoms with Crippen molar-refractivity contribution in [2.45, 2.75) is 32.8 Å². The average molecular weight is 213 g/mol. The van der Waals surface area contributed by atoms with Crippen LogP contribution in [0.2, 0.25) is 0 Å². The summed E-state index contributed by atoms with van der Waals surface area (Å²) >= 11 is 1.66. The second-order valence-electron chi connectivity index (χ2n) is 3.86. The van der Waals surface area contributed by atoms with E-state index in [1.54, 1.807) is 11.3 Å². The third kappa shape index (κ3) is 3.08. The Morgan fingerprint density at radius 2 is 2.21 bits per heavy atom. The van der Waals surface area contributed by atoms with E-state index in [4.69, 9.17) is 0 Å². The molecule has 0 aromatic carbocycles. The first-order chi connectivity index (χ1) is 6.56. The lowest BCUT2D eigenvalue weighted by atomic mass is 10.1. The Balaban J connectivity index is 2.56. The van der Waals surface area contributed by atoms with Crippen molar-refractivity contribution in [3.05, 3.63) is 21.9 Å². The van der Waals surface area contributed by atoms with Crippen molar-refractivity contribution >= 4 is 11.3 Å². The van der Waals surface area contributed by atoms with Crippen LogP contribution < -0.4 is 5.32 Å². The van der Waals surface area contributed by atoms with E-state index >= 15 is 0 Å². The SMILES string of the molecule is CCCNCC(C)(O)c1ccc(C)s1. The maximum atomic E-state index is 10.2. The second kappa shape index (κ2) is 4.91. The first-order valence-corrected chi connectivity index (χ1v) is 5.88. The maximum Gasteiger partial charge on any atom is 0.108 e. The van der Waals surface area contributed by atoms with E-state index in [2.05, 4.69) is 19.2 Å². The molecule has 0 spiro atoms. The largest absolute Gasteiger partial charge is 0.383 e. The van der Waals surface area contributed by atoms with Gasteiger partial charge in [-0.15, -0.1) is 11.3 Å². The monoisotopic (exact) mass is 213 g/mol. The molecule has 0 radical (unpaired) electrons. The summed E-state index contributed by atoms with van der Waals surface area (Å²) in [7, 11) is 0. The molecule has 1 aromatic rings. The Labute approximate surface area is 90.0 Å². The first kappa shape index (κ1) is 11.7. The Morgan fingerprint density at radius 1 is 1.50 bits per heavy atom. The Kier molecular flexibility index (Phi) is 4.11. The normalized spacial score (nSPS) is 15.4. The van der Waals surface area contributed by atoms with E-state index < -0.39 is 5.60 Å². The highest BCUT2D eigenvalue weighted by atomic mass is 32.1. The number of thiophene rings is 1. The number of nitrogens with one attached hydrogen (secondary N) is 1. The van der Waals surface area contributed by atoms with E-state index in [1.807, 2.05) is 19.1 Å². The van der Waals surface area contributed by atoms with Gasteiger partial charge in [-0.2, -0.15) is 0 Å². The van der Waals surface area contributed by atoms with Crippen molar-refractivity contribution in [2.24, 2.45) is 0 Å². The number of rotatable bonds is 5. The van der Waals surface area contributed by atoms with E-state index in [0.29, 0.717) is 6.54 Å². The minimum Gasteiger partial charge on any atom is -0.383 e. The molecule has 0 saturated heterocycles. The molecule has 3 heteroatoms. The molecule has 1 heterocycles. The summed E-state index contributed by atoms with van der Waals surface area (Å²) in [5.74, 6) is 0. The number of hydrogen-bond donors (Lipinski definition) is 2. The van der Waals surface area contributed by atoms with Crippen LogP contribution in [-0.4, -0.2) is 18.2 Å². The van der Waals surface area contributed by atoms with Gasteiger partial charge >= 0.3 is 0 Å². The molecule has 2 nitrogen and oxygen atoms in total. The van der Waals surface area contributed by atoms with Crippen LogP contribution in [0.25, 0.3) is 0 Å². The Bertz CT molecular complexity index is 281. The van der Waals surface area contributed by atoms with Crippen LogP contribution in [0.4, 0.5) is 0 Å². The quantitative estimate of drug-likeness (QED) is 0.735. The molecule has 0 bridgehead atoms. The van der Waals surface area contributed by atoms with Crippen molar-refractivity contribution in [3.8, 4) is 0 Å². The highest BCUT2D eigenvalue weighted by Crippen LogP contribution is 2.27. The van der Waals surface area contributed by atoms with Crippen molar-refractivity contribution in [1.82, 2.24) is 5.32 Å². The molecule has 1 unspecified atom stereocenters. The lowest BCUT2D eigenvalue weighted by Gasteiger charge is -2.22. The molecular formula is C11H19NOS. The number of aliphatic hydroxyl groups is 1. The second-order valence-corrected chi connectivity index (χ2v) is 5.15. The number of aryl methyl sites for hydroxylation is 1. The van der Waals surface area contributed by atoms with Gasteiger partial charge < -0.3 is 10.4 Å². The molecule has 0 fully saturated rings. The molecule has 1 aromatic heterocycles. The number of hydrogen-bond acceptors (Lipinski definition) is 3. The van der Waals surface area contributed by atoms with Crippen LogP contribution in [-0.2, 0) is 5.60 Å². The van der Waals surface area contributed by atoms with Crippen molar-refractivity contribution in [1.29, 1.82) is 0 Å². The van der Waals surface area contributed by atoms with Crippen LogP contribution >= 0.6 is 11.3 Å². The summed E-state index contributed by atoms with van der Waals surface area (Å²) in [4.78, 5) is 2.29. The summed E-state index contributed by atoms with van der Waals surface area (Å²) in [6, 6.07) is 4.06. The first-order valence-electron chi connectivity index (χ1n) is 5.06. The van der Waals surface area contributed by atoms with E-state index in [0.717, 1.165) is 17.8 Å². The van der Waals surface area contributed by atoms with E-state index in [9.17, 15) is 5.11 Å². The topological polar surface area (TPSA) is 32.3 Å². The van der Waals surface area contributed by atoms with Crippen LogP contribution in [0, 0.1) is 6.92 Å². The minimum absolute atomic E-state index is 0.626. The molecule has 14 heavy (non-hydrogen) atoms. The minimum atomic E-state index is -0.728. The summed E-state index contributed by atoms with van der Waals surface area (Å²) in [5, 5.41) is 13.4. The van der Waals surface area contributed by atoms with E-state index in [1.165, 1.54) is 4.88 Å². The molecule has 1 rings (SSSR count). The van der Waals surface area contributed by atoms with Gasteiger partial charge in [-0.3, -0.25) is 0 Å². The molecule has 0 amide bonds. The summed E-state index contributed by atoms with van der Waals surface area (Å²) in [5.41, 5.74) is -0.728. The fraction of sp³-hybridized carbons (Fsp3) is 0.636. The zero-order valence-electron chi connectivity index (χ0n) is 9.13. The van der Waals surface area contributed by atoms with Crippen molar-refractivity contribution < 1.29 is 5.11 Å². The Morgan fingerprint density at radius 3 is 2.71 bits per heavy atom. The fourth-order valence-corrected chi connectivity index (χ4v) is 2.23.